The van der Waals surface area contributed by atoms with Crippen molar-refractivity contribution in [3.63, 3.8) is 0 Å². The van der Waals surface area contributed by atoms with Gasteiger partial charge in [0.15, 0.2) is 0 Å². The molecule has 202 valence electrons. The van der Waals surface area contributed by atoms with Gasteiger partial charge in [-0.1, -0.05) is 0 Å². The molecule has 1 heterocycles. The fraction of sp³-hybridized carbons (Fsp3) is 0.391. The molecular formula is C23H25F4N3O6S. The molecule has 0 fully saturated rings. The monoisotopic (exact) mass is 547 g/mol. The number of sulfonamides is 1. The molecule has 1 aliphatic rings. The van der Waals surface area contributed by atoms with Gasteiger partial charge in [0.05, 0.1) is 29.2 Å². The van der Waals surface area contributed by atoms with Crippen molar-refractivity contribution in [3.8, 4) is 5.75 Å². The Labute approximate surface area is 210 Å². The summed E-state index contributed by atoms with van der Waals surface area (Å²) in [6, 6.07) is 5.38. The van der Waals surface area contributed by atoms with Crippen molar-refractivity contribution in [2.24, 2.45) is 0 Å². The number of benzene rings is 2. The fourth-order valence-electron chi connectivity index (χ4n) is 3.41. The van der Waals surface area contributed by atoms with Gasteiger partial charge in [-0.25, -0.2) is 17.6 Å². The summed E-state index contributed by atoms with van der Waals surface area (Å²) in [6.07, 6.45) is -6.86. The molecule has 1 aliphatic heterocycles. The van der Waals surface area contributed by atoms with Crippen molar-refractivity contribution in [1.82, 2.24) is 5.32 Å². The first-order valence-electron chi connectivity index (χ1n) is 10.9. The van der Waals surface area contributed by atoms with Gasteiger partial charge >= 0.3 is 12.3 Å². The third-order valence-electron chi connectivity index (χ3n) is 4.95. The average molecular weight is 548 g/mol. The van der Waals surface area contributed by atoms with Gasteiger partial charge in [0, 0.05) is 12.6 Å². The number of hydrogen-bond donors (Lipinski definition) is 2. The smallest absolute Gasteiger partial charge is 0.419 e. The largest absolute Gasteiger partial charge is 0.484 e. The number of anilines is 2. The van der Waals surface area contributed by atoms with Crippen molar-refractivity contribution < 1.29 is 45.0 Å². The van der Waals surface area contributed by atoms with Crippen molar-refractivity contribution >= 4 is 33.4 Å². The van der Waals surface area contributed by atoms with Gasteiger partial charge in [0.1, 0.15) is 23.3 Å². The molecule has 0 unspecified atom stereocenters. The van der Waals surface area contributed by atoms with Gasteiger partial charge in [-0.15, -0.1) is 0 Å². The fourth-order valence-corrected chi connectivity index (χ4v) is 4.94. The number of rotatable bonds is 5. The van der Waals surface area contributed by atoms with E-state index in [4.69, 9.17) is 9.47 Å². The summed E-state index contributed by atoms with van der Waals surface area (Å²) >= 11 is 0. The van der Waals surface area contributed by atoms with E-state index < -0.39 is 62.7 Å². The van der Waals surface area contributed by atoms with Crippen LogP contribution in [0.5, 0.6) is 5.75 Å². The van der Waals surface area contributed by atoms with Crippen molar-refractivity contribution in [1.29, 1.82) is 0 Å². The summed E-state index contributed by atoms with van der Waals surface area (Å²) in [6.45, 7) is 5.69. The van der Waals surface area contributed by atoms with E-state index in [0.717, 1.165) is 10.4 Å². The number of nitrogens with one attached hydrogen (secondary N) is 2. The van der Waals surface area contributed by atoms with E-state index >= 15 is 0 Å². The summed E-state index contributed by atoms with van der Waals surface area (Å²) in [7, 11) is -4.69. The van der Waals surface area contributed by atoms with Gasteiger partial charge in [0.25, 0.3) is 10.0 Å². The summed E-state index contributed by atoms with van der Waals surface area (Å²) in [5, 5.41) is 4.95. The molecule has 3 rings (SSSR count). The van der Waals surface area contributed by atoms with Crippen LogP contribution in [0, 0.1) is 5.82 Å². The van der Waals surface area contributed by atoms with Crippen molar-refractivity contribution in [2.75, 3.05) is 22.7 Å². The van der Waals surface area contributed by atoms with Gasteiger partial charge in [-0.3, -0.25) is 14.4 Å². The van der Waals surface area contributed by atoms with Crippen LogP contribution in [0.25, 0.3) is 0 Å². The Morgan fingerprint density at radius 2 is 1.81 bits per heavy atom. The Bertz CT molecular complexity index is 1310. The third kappa shape index (κ3) is 6.81. The Morgan fingerprint density at radius 1 is 1.14 bits per heavy atom. The molecule has 0 aromatic heterocycles. The van der Waals surface area contributed by atoms with Gasteiger partial charge in [0.2, 0.25) is 5.91 Å². The first-order valence-corrected chi connectivity index (χ1v) is 12.4. The maximum atomic E-state index is 13.8. The number of carbonyl (C=O) groups is 2. The Kier molecular flexibility index (Phi) is 7.63. The molecule has 14 heteroatoms. The zero-order chi connectivity index (χ0) is 27.8. The van der Waals surface area contributed by atoms with Crippen LogP contribution in [-0.4, -0.2) is 45.2 Å². The third-order valence-corrected chi connectivity index (χ3v) is 6.72. The summed E-state index contributed by atoms with van der Waals surface area (Å²) in [5.74, 6) is -2.01. The average Bonchev–Trinajstić information content (AvgIpc) is 2.75. The van der Waals surface area contributed by atoms with E-state index in [2.05, 4.69) is 10.6 Å². The van der Waals surface area contributed by atoms with Crippen LogP contribution in [0.2, 0.25) is 0 Å². The van der Waals surface area contributed by atoms with Crippen LogP contribution in [0.3, 0.4) is 0 Å². The van der Waals surface area contributed by atoms with E-state index in [0.29, 0.717) is 6.07 Å². The minimum Gasteiger partial charge on any atom is -0.484 e. The second-order valence-electron chi connectivity index (χ2n) is 9.16. The zero-order valence-corrected chi connectivity index (χ0v) is 21.1. The number of fused-ring (bicyclic) bond motifs is 1. The molecular weight excluding hydrogens is 522 g/mol. The molecule has 2 N–H and O–H groups in total. The molecule has 1 atom stereocenters. The van der Waals surface area contributed by atoms with Gasteiger partial charge in [-0.2, -0.15) is 13.2 Å². The Morgan fingerprint density at radius 3 is 2.41 bits per heavy atom. The highest BCUT2D eigenvalue weighted by Gasteiger charge is 2.39. The van der Waals surface area contributed by atoms with Crippen LogP contribution in [-0.2, 0) is 25.7 Å². The predicted octanol–water partition coefficient (Wildman–Crippen LogP) is 4.28. The quantitative estimate of drug-likeness (QED) is 0.540. The van der Waals surface area contributed by atoms with Crippen molar-refractivity contribution in [2.45, 2.75) is 50.5 Å². The van der Waals surface area contributed by atoms with E-state index in [1.54, 1.807) is 20.8 Å². The lowest BCUT2D eigenvalue weighted by Crippen LogP contribution is -2.48. The molecule has 2 amide bonds. The number of alkyl halides is 3. The second-order valence-corrected chi connectivity index (χ2v) is 11.0. The first kappa shape index (κ1) is 28.0. The summed E-state index contributed by atoms with van der Waals surface area (Å²) < 4.78 is 92.4. The lowest BCUT2D eigenvalue weighted by molar-refractivity contribution is -0.140. The zero-order valence-electron chi connectivity index (χ0n) is 20.3. The van der Waals surface area contributed by atoms with Gasteiger partial charge in [-0.05, 0) is 57.2 Å². The molecule has 0 spiro atoms. The van der Waals surface area contributed by atoms with Crippen LogP contribution in [0.1, 0.15) is 33.3 Å². The molecule has 0 saturated carbocycles. The lowest BCUT2D eigenvalue weighted by atomic mass is 10.2. The predicted molar refractivity (Wildman–Crippen MR) is 125 cm³/mol. The lowest BCUT2D eigenvalue weighted by Gasteiger charge is -2.36. The van der Waals surface area contributed by atoms with E-state index in [-0.39, 0.29) is 29.7 Å². The molecule has 2 aromatic rings. The first-order chi connectivity index (χ1) is 17.0. The molecule has 0 bridgehead atoms. The van der Waals surface area contributed by atoms with Crippen molar-refractivity contribution in [3.05, 3.63) is 47.8 Å². The topological polar surface area (TPSA) is 114 Å². The Hall–Kier alpha value is -3.55. The number of amides is 2. The van der Waals surface area contributed by atoms with Crippen LogP contribution in [0.15, 0.2) is 41.3 Å². The Balaban J connectivity index is 2.05. The highest BCUT2D eigenvalue weighted by molar-refractivity contribution is 7.92. The van der Waals surface area contributed by atoms with Gasteiger partial charge < -0.3 is 14.8 Å². The molecule has 37 heavy (non-hydrogen) atoms. The highest BCUT2D eigenvalue weighted by Crippen LogP contribution is 2.40. The number of nitrogens with zero attached hydrogens (tertiary/aromatic N) is 1. The number of ether oxygens (including phenoxy) is 2. The number of carbonyl (C=O) groups excluding carboxylic acids is 2. The molecule has 0 radical (unpaired) electrons. The molecule has 9 nitrogen and oxygen atoms in total. The van der Waals surface area contributed by atoms with E-state index in [1.165, 1.54) is 25.1 Å². The maximum Gasteiger partial charge on any atom is 0.419 e. The number of halogens is 4. The van der Waals surface area contributed by atoms with E-state index in [9.17, 15) is 35.6 Å². The molecule has 0 saturated heterocycles. The SMILES string of the molecule is CC(=O)NC[C@H]1CN(S(=O)(=O)c2ccc(F)c(C(F)(F)F)c2)c2cc(NC(=O)OC(C)(C)C)ccc2O1. The van der Waals surface area contributed by atoms with Crippen LogP contribution in [0.4, 0.5) is 33.7 Å². The highest BCUT2D eigenvalue weighted by atomic mass is 32.2. The minimum atomic E-state index is -5.13. The standard InChI is InChI=1S/C23H25F4N3O6S/c1-13(31)28-11-15-12-30(37(33,34)16-6-7-18(24)17(10-16)23(25,26)27)19-9-14(5-8-20(19)35-15)29-21(32)36-22(2,3)4/h5-10,15H,11-12H2,1-4H3,(H,28,31)(H,29,32)/t15-/m0/s1. The van der Waals surface area contributed by atoms with Crippen LogP contribution >= 0.6 is 0 Å². The normalized spacial score (nSPS) is 15.9. The van der Waals surface area contributed by atoms with Crippen LogP contribution < -0.4 is 19.7 Å². The maximum absolute atomic E-state index is 13.8. The van der Waals surface area contributed by atoms with E-state index in [1.807, 2.05) is 0 Å². The summed E-state index contributed by atoms with van der Waals surface area (Å²) in [5.41, 5.74) is -2.53. The summed E-state index contributed by atoms with van der Waals surface area (Å²) in [4.78, 5) is 22.7. The minimum absolute atomic E-state index is 0.0260. The molecule has 0 aliphatic carbocycles. The number of hydrogen-bond acceptors (Lipinski definition) is 6. The second kappa shape index (κ2) is 10.1. The molecule has 2 aromatic carbocycles.